The number of aliphatic hydroxyl groups is 1. The molecule has 2 nitrogen and oxygen atoms in total. The average molecular weight is 223 g/mol. The van der Waals surface area contributed by atoms with E-state index in [1.807, 2.05) is 11.8 Å². The first-order valence-electron chi connectivity index (χ1n) is 5.46. The maximum Gasteiger partial charge on any atom is 0.0443 e. The molecule has 2 N–H and O–H groups in total. The van der Waals surface area contributed by atoms with Gasteiger partial charge < -0.3 is 10.4 Å². The van der Waals surface area contributed by atoms with Gasteiger partial charge in [-0.3, -0.25) is 0 Å². The van der Waals surface area contributed by atoms with E-state index in [0.717, 1.165) is 19.5 Å². The zero-order valence-electron chi connectivity index (χ0n) is 8.78. The van der Waals surface area contributed by atoms with Gasteiger partial charge in [-0.25, -0.2) is 0 Å². The van der Waals surface area contributed by atoms with E-state index in [-0.39, 0.29) is 6.61 Å². The van der Waals surface area contributed by atoms with Crippen LogP contribution in [0.5, 0.6) is 0 Å². The lowest BCUT2D eigenvalue weighted by Crippen LogP contribution is -2.25. The molecular formula is C12H17NOS. The number of aliphatic hydroxyl groups excluding tert-OH is 1. The van der Waals surface area contributed by atoms with Gasteiger partial charge >= 0.3 is 0 Å². The van der Waals surface area contributed by atoms with Crippen LogP contribution >= 0.6 is 11.8 Å². The SMILES string of the molecule is OCCCNCC1Cc2ccccc2S1. The molecule has 1 aromatic rings. The third-order valence-corrected chi connectivity index (χ3v) is 3.92. The highest BCUT2D eigenvalue weighted by molar-refractivity contribution is 8.00. The van der Waals surface area contributed by atoms with Crippen molar-refractivity contribution >= 4 is 11.8 Å². The Kier molecular flexibility index (Phi) is 4.06. The van der Waals surface area contributed by atoms with E-state index in [1.54, 1.807) is 0 Å². The van der Waals surface area contributed by atoms with Crippen LogP contribution in [0.15, 0.2) is 29.2 Å². The van der Waals surface area contributed by atoms with Crippen LogP contribution in [0.1, 0.15) is 12.0 Å². The maximum absolute atomic E-state index is 8.66. The van der Waals surface area contributed by atoms with Gasteiger partial charge in [-0.1, -0.05) is 18.2 Å². The van der Waals surface area contributed by atoms with Gasteiger partial charge in [0.2, 0.25) is 0 Å². The van der Waals surface area contributed by atoms with Gasteiger partial charge in [-0.15, -0.1) is 11.8 Å². The van der Waals surface area contributed by atoms with Crippen molar-refractivity contribution in [3.8, 4) is 0 Å². The van der Waals surface area contributed by atoms with E-state index in [0.29, 0.717) is 5.25 Å². The molecule has 0 bridgehead atoms. The molecule has 3 heteroatoms. The Morgan fingerprint density at radius 3 is 3.07 bits per heavy atom. The molecule has 0 aromatic heterocycles. The topological polar surface area (TPSA) is 32.3 Å². The summed E-state index contributed by atoms with van der Waals surface area (Å²) in [7, 11) is 0. The highest BCUT2D eigenvalue weighted by Crippen LogP contribution is 2.36. The summed E-state index contributed by atoms with van der Waals surface area (Å²) in [5.41, 5.74) is 1.48. The van der Waals surface area contributed by atoms with E-state index in [2.05, 4.69) is 29.6 Å². The number of hydrogen-bond donors (Lipinski definition) is 2. The van der Waals surface area contributed by atoms with Crippen LogP contribution in [-0.4, -0.2) is 30.1 Å². The van der Waals surface area contributed by atoms with Gasteiger partial charge in [0.1, 0.15) is 0 Å². The number of benzene rings is 1. The zero-order chi connectivity index (χ0) is 10.5. The summed E-state index contributed by atoms with van der Waals surface area (Å²) in [4.78, 5) is 1.44. The Labute approximate surface area is 95.1 Å². The third-order valence-electron chi connectivity index (χ3n) is 2.60. The predicted octanol–water partition coefficient (Wildman–Crippen LogP) is 1.68. The van der Waals surface area contributed by atoms with E-state index in [9.17, 15) is 0 Å². The molecule has 0 aliphatic carbocycles. The van der Waals surface area contributed by atoms with Crippen LogP contribution in [0.25, 0.3) is 0 Å². The van der Waals surface area contributed by atoms with Gasteiger partial charge in [-0.05, 0) is 31.0 Å². The minimum absolute atomic E-state index is 0.283. The number of hydrogen-bond acceptors (Lipinski definition) is 3. The normalized spacial score (nSPS) is 19.1. The summed E-state index contributed by atoms with van der Waals surface area (Å²) in [6.45, 7) is 2.24. The van der Waals surface area contributed by atoms with Gasteiger partial charge in [-0.2, -0.15) is 0 Å². The smallest absolute Gasteiger partial charge is 0.0443 e. The highest BCUT2D eigenvalue weighted by Gasteiger charge is 2.20. The lowest BCUT2D eigenvalue weighted by Gasteiger charge is -2.09. The molecule has 0 fully saturated rings. The highest BCUT2D eigenvalue weighted by atomic mass is 32.2. The van der Waals surface area contributed by atoms with Crippen LogP contribution < -0.4 is 5.32 Å². The Hall–Kier alpha value is -0.510. The third kappa shape index (κ3) is 2.97. The summed E-state index contributed by atoms with van der Waals surface area (Å²) >= 11 is 1.97. The molecule has 1 aliphatic heterocycles. The minimum Gasteiger partial charge on any atom is -0.396 e. The van der Waals surface area contributed by atoms with Crippen molar-refractivity contribution in [3.05, 3.63) is 29.8 Å². The standard InChI is InChI=1S/C12H17NOS/c14-7-3-6-13-9-11-8-10-4-1-2-5-12(10)15-11/h1-2,4-5,11,13-14H,3,6-9H2. The number of thioether (sulfide) groups is 1. The van der Waals surface area contributed by atoms with Gasteiger partial charge in [0.25, 0.3) is 0 Å². The Balaban J connectivity index is 1.76. The molecule has 1 unspecified atom stereocenters. The second-order valence-electron chi connectivity index (χ2n) is 3.83. The van der Waals surface area contributed by atoms with E-state index < -0.39 is 0 Å². The predicted molar refractivity (Wildman–Crippen MR) is 64.4 cm³/mol. The van der Waals surface area contributed by atoms with Gasteiger partial charge in [0, 0.05) is 23.3 Å². The number of nitrogens with one attached hydrogen (secondary N) is 1. The molecule has 1 aliphatic rings. The molecule has 82 valence electrons. The molecule has 2 rings (SSSR count). The van der Waals surface area contributed by atoms with E-state index in [4.69, 9.17) is 5.11 Å². The lowest BCUT2D eigenvalue weighted by atomic mass is 10.1. The largest absolute Gasteiger partial charge is 0.396 e. The van der Waals surface area contributed by atoms with E-state index in [1.165, 1.54) is 16.9 Å². The lowest BCUT2D eigenvalue weighted by molar-refractivity contribution is 0.286. The molecular weight excluding hydrogens is 206 g/mol. The quantitative estimate of drug-likeness (QED) is 0.745. The van der Waals surface area contributed by atoms with E-state index >= 15 is 0 Å². The summed E-state index contributed by atoms with van der Waals surface area (Å²) < 4.78 is 0. The summed E-state index contributed by atoms with van der Waals surface area (Å²) in [5.74, 6) is 0. The Bertz CT molecular complexity index is 291. The molecule has 0 spiro atoms. The molecule has 0 saturated heterocycles. The van der Waals surface area contributed by atoms with Crippen molar-refractivity contribution in [2.45, 2.75) is 23.0 Å². The molecule has 1 atom stereocenters. The Morgan fingerprint density at radius 2 is 2.27 bits per heavy atom. The zero-order valence-corrected chi connectivity index (χ0v) is 9.59. The first kappa shape index (κ1) is 11.0. The molecule has 1 heterocycles. The molecule has 0 saturated carbocycles. The molecule has 0 radical (unpaired) electrons. The van der Waals surface area contributed by atoms with Gasteiger partial charge in [0.05, 0.1) is 0 Å². The summed E-state index contributed by atoms with van der Waals surface area (Å²) in [6, 6.07) is 8.64. The van der Waals surface area contributed by atoms with Crippen LogP contribution in [0, 0.1) is 0 Å². The first-order chi connectivity index (χ1) is 7.40. The second kappa shape index (κ2) is 5.54. The van der Waals surface area contributed by atoms with Gasteiger partial charge in [0.15, 0.2) is 0 Å². The fourth-order valence-corrected chi connectivity index (χ4v) is 3.12. The first-order valence-corrected chi connectivity index (χ1v) is 6.34. The Morgan fingerprint density at radius 1 is 1.40 bits per heavy atom. The molecule has 1 aromatic carbocycles. The molecule has 0 amide bonds. The monoisotopic (exact) mass is 223 g/mol. The van der Waals surface area contributed by atoms with Crippen molar-refractivity contribution in [1.82, 2.24) is 5.32 Å². The fourth-order valence-electron chi connectivity index (χ4n) is 1.83. The van der Waals surface area contributed by atoms with Crippen LogP contribution in [0.4, 0.5) is 0 Å². The summed E-state index contributed by atoms with van der Waals surface area (Å²) in [6.07, 6.45) is 2.03. The number of rotatable bonds is 5. The van der Waals surface area contributed by atoms with Crippen LogP contribution in [-0.2, 0) is 6.42 Å². The molecule has 15 heavy (non-hydrogen) atoms. The summed E-state index contributed by atoms with van der Waals surface area (Å²) in [5, 5.41) is 12.7. The van der Waals surface area contributed by atoms with Crippen molar-refractivity contribution in [3.63, 3.8) is 0 Å². The van der Waals surface area contributed by atoms with Crippen LogP contribution in [0.3, 0.4) is 0 Å². The second-order valence-corrected chi connectivity index (χ2v) is 5.18. The maximum atomic E-state index is 8.66. The average Bonchev–Trinajstić information content (AvgIpc) is 2.67. The minimum atomic E-state index is 0.283. The van der Waals surface area contributed by atoms with Crippen LogP contribution in [0.2, 0.25) is 0 Å². The van der Waals surface area contributed by atoms with Crippen molar-refractivity contribution in [1.29, 1.82) is 0 Å². The van der Waals surface area contributed by atoms with Crippen molar-refractivity contribution < 1.29 is 5.11 Å². The fraction of sp³-hybridized carbons (Fsp3) is 0.500. The van der Waals surface area contributed by atoms with Crippen molar-refractivity contribution in [2.24, 2.45) is 0 Å². The van der Waals surface area contributed by atoms with Crippen molar-refractivity contribution in [2.75, 3.05) is 19.7 Å². The number of fused-ring (bicyclic) bond motifs is 1.